The summed E-state index contributed by atoms with van der Waals surface area (Å²) in [7, 11) is 0. The smallest absolute Gasteiger partial charge is 0.285 e. The van der Waals surface area contributed by atoms with Crippen LogP contribution in [0.3, 0.4) is 0 Å². The average molecular weight is 196 g/mol. The van der Waals surface area contributed by atoms with Crippen LogP contribution in [0.2, 0.25) is 0 Å². The van der Waals surface area contributed by atoms with Crippen molar-refractivity contribution in [3.63, 3.8) is 0 Å². The molecule has 0 aromatic rings. The molecule has 2 aliphatic rings. The van der Waals surface area contributed by atoms with E-state index in [9.17, 15) is 0 Å². The third kappa shape index (κ3) is 2.02. The second-order valence-corrected chi connectivity index (χ2v) is 4.59. The van der Waals surface area contributed by atoms with E-state index < -0.39 is 0 Å². The number of hydrogen-bond acceptors (Lipinski definition) is 3. The number of nitrogens with one attached hydrogen (secondary N) is 1. The molecule has 0 radical (unpaired) electrons. The predicted molar refractivity (Wildman–Crippen MR) is 57.4 cm³/mol. The van der Waals surface area contributed by atoms with E-state index >= 15 is 0 Å². The van der Waals surface area contributed by atoms with Gasteiger partial charge in [0.15, 0.2) is 0 Å². The molecule has 2 rings (SSSR count). The summed E-state index contributed by atoms with van der Waals surface area (Å²) in [5.74, 6) is 1.48. The van der Waals surface area contributed by atoms with E-state index in [2.05, 4.69) is 24.2 Å². The molecule has 1 aliphatic carbocycles. The summed E-state index contributed by atoms with van der Waals surface area (Å²) < 4.78 is 5.39. The van der Waals surface area contributed by atoms with Crippen molar-refractivity contribution in [2.75, 3.05) is 13.2 Å². The molecule has 0 spiro atoms. The molecule has 1 N–H and O–H groups in total. The second kappa shape index (κ2) is 4.20. The van der Waals surface area contributed by atoms with Crippen molar-refractivity contribution in [1.29, 1.82) is 0 Å². The molecule has 3 nitrogen and oxygen atoms in total. The molecule has 80 valence electrons. The van der Waals surface area contributed by atoms with Crippen LogP contribution in [0, 0.1) is 11.8 Å². The average Bonchev–Trinajstić information content (AvgIpc) is 2.64. The summed E-state index contributed by atoms with van der Waals surface area (Å²) in [4.78, 5) is 4.28. The molecule has 14 heavy (non-hydrogen) atoms. The van der Waals surface area contributed by atoms with Crippen molar-refractivity contribution in [3.8, 4) is 0 Å². The van der Waals surface area contributed by atoms with E-state index in [1.54, 1.807) is 0 Å². The van der Waals surface area contributed by atoms with Gasteiger partial charge in [-0.2, -0.15) is 0 Å². The first-order valence-electron chi connectivity index (χ1n) is 5.71. The van der Waals surface area contributed by atoms with Crippen LogP contribution in [-0.4, -0.2) is 25.2 Å². The number of nitrogens with zero attached hydrogens (tertiary/aromatic N) is 1. The Kier molecular flexibility index (Phi) is 2.94. The normalized spacial score (nSPS) is 37.6. The van der Waals surface area contributed by atoms with E-state index in [4.69, 9.17) is 4.74 Å². The highest BCUT2D eigenvalue weighted by molar-refractivity contribution is 5.75. The van der Waals surface area contributed by atoms with Crippen molar-refractivity contribution in [3.05, 3.63) is 0 Å². The highest BCUT2D eigenvalue weighted by Crippen LogP contribution is 2.28. The Morgan fingerprint density at radius 1 is 1.29 bits per heavy atom. The van der Waals surface area contributed by atoms with E-state index in [1.807, 2.05) is 0 Å². The van der Waals surface area contributed by atoms with E-state index in [1.165, 1.54) is 19.3 Å². The summed E-state index contributed by atoms with van der Waals surface area (Å²) in [6, 6.07) is 1.33. The van der Waals surface area contributed by atoms with Crippen LogP contribution in [0.5, 0.6) is 0 Å². The standard InChI is InChI=1S/C11H20N2O/c1-8-4-3-5-9(2)10(8)13-11-12-6-7-14-11/h8-10H,3-7H2,1-2H3,(H,12,13). The molecule has 2 atom stereocenters. The molecule has 1 saturated carbocycles. The van der Waals surface area contributed by atoms with Gasteiger partial charge >= 0.3 is 0 Å². The van der Waals surface area contributed by atoms with Crippen molar-refractivity contribution >= 4 is 6.02 Å². The molecule has 2 unspecified atom stereocenters. The Hall–Kier alpha value is -0.730. The van der Waals surface area contributed by atoms with Crippen LogP contribution in [0.1, 0.15) is 33.1 Å². The van der Waals surface area contributed by atoms with Crippen LogP contribution >= 0.6 is 0 Å². The first-order valence-corrected chi connectivity index (χ1v) is 5.71. The van der Waals surface area contributed by atoms with Gasteiger partial charge in [0.1, 0.15) is 6.61 Å². The number of amidine groups is 1. The van der Waals surface area contributed by atoms with E-state index in [0.717, 1.165) is 31.0 Å². The zero-order valence-electron chi connectivity index (χ0n) is 9.12. The van der Waals surface area contributed by atoms with Gasteiger partial charge < -0.3 is 10.1 Å². The van der Waals surface area contributed by atoms with Crippen LogP contribution in [-0.2, 0) is 4.74 Å². The maximum absolute atomic E-state index is 5.39. The molecule has 3 heteroatoms. The first kappa shape index (κ1) is 9.81. The molecular formula is C11H20N2O. The van der Waals surface area contributed by atoms with Crippen LogP contribution in [0.15, 0.2) is 4.99 Å². The van der Waals surface area contributed by atoms with Gasteiger partial charge in [0.25, 0.3) is 6.02 Å². The molecule has 1 aliphatic heterocycles. The fourth-order valence-electron chi connectivity index (χ4n) is 2.53. The Balaban J connectivity index is 1.93. The van der Waals surface area contributed by atoms with Crippen molar-refractivity contribution < 1.29 is 4.74 Å². The number of aliphatic imine (C=N–C) groups is 1. The van der Waals surface area contributed by atoms with Crippen LogP contribution in [0.4, 0.5) is 0 Å². The van der Waals surface area contributed by atoms with Gasteiger partial charge in [0, 0.05) is 6.04 Å². The van der Waals surface area contributed by atoms with Gasteiger partial charge in [0.2, 0.25) is 0 Å². The Bertz CT molecular complexity index is 217. The van der Waals surface area contributed by atoms with E-state index in [-0.39, 0.29) is 0 Å². The third-order valence-electron chi connectivity index (χ3n) is 3.42. The van der Waals surface area contributed by atoms with Gasteiger partial charge in [-0.25, -0.2) is 4.99 Å². The highest BCUT2D eigenvalue weighted by Gasteiger charge is 2.29. The zero-order chi connectivity index (χ0) is 9.97. The van der Waals surface area contributed by atoms with Gasteiger partial charge in [-0.15, -0.1) is 0 Å². The number of rotatable bonds is 1. The topological polar surface area (TPSA) is 33.6 Å². The van der Waals surface area contributed by atoms with E-state index in [0.29, 0.717) is 6.04 Å². The van der Waals surface area contributed by atoms with Crippen LogP contribution in [0.25, 0.3) is 0 Å². The van der Waals surface area contributed by atoms with Crippen molar-refractivity contribution in [1.82, 2.24) is 5.32 Å². The fourth-order valence-corrected chi connectivity index (χ4v) is 2.53. The molecular weight excluding hydrogens is 176 g/mol. The largest absolute Gasteiger partial charge is 0.463 e. The number of ether oxygens (including phenoxy) is 1. The van der Waals surface area contributed by atoms with Crippen LogP contribution < -0.4 is 5.32 Å². The van der Waals surface area contributed by atoms with Gasteiger partial charge in [-0.05, 0) is 24.7 Å². The lowest BCUT2D eigenvalue weighted by molar-refractivity contribution is 0.215. The maximum atomic E-state index is 5.39. The zero-order valence-corrected chi connectivity index (χ0v) is 9.12. The minimum absolute atomic E-state index is 0.556. The monoisotopic (exact) mass is 196 g/mol. The quantitative estimate of drug-likeness (QED) is 0.693. The van der Waals surface area contributed by atoms with Gasteiger partial charge in [0.05, 0.1) is 6.54 Å². The Morgan fingerprint density at radius 2 is 2.00 bits per heavy atom. The highest BCUT2D eigenvalue weighted by atomic mass is 16.5. The van der Waals surface area contributed by atoms with Gasteiger partial charge in [-0.1, -0.05) is 20.3 Å². The molecule has 0 aromatic carbocycles. The van der Waals surface area contributed by atoms with Crippen molar-refractivity contribution in [2.45, 2.75) is 39.2 Å². The lowest BCUT2D eigenvalue weighted by Crippen LogP contribution is -2.45. The lowest BCUT2D eigenvalue weighted by Gasteiger charge is -2.35. The fraction of sp³-hybridized carbons (Fsp3) is 0.909. The predicted octanol–water partition coefficient (Wildman–Crippen LogP) is 1.79. The lowest BCUT2D eigenvalue weighted by atomic mass is 9.79. The molecule has 1 heterocycles. The Labute approximate surface area is 85.9 Å². The first-order chi connectivity index (χ1) is 6.77. The summed E-state index contributed by atoms with van der Waals surface area (Å²) in [6.45, 7) is 6.21. The maximum Gasteiger partial charge on any atom is 0.285 e. The molecule has 0 aromatic heterocycles. The molecule has 1 fully saturated rings. The summed E-state index contributed by atoms with van der Waals surface area (Å²) in [5.41, 5.74) is 0. The van der Waals surface area contributed by atoms with Gasteiger partial charge in [-0.3, -0.25) is 0 Å². The molecule has 0 bridgehead atoms. The third-order valence-corrected chi connectivity index (χ3v) is 3.42. The second-order valence-electron chi connectivity index (χ2n) is 4.59. The molecule has 0 saturated heterocycles. The van der Waals surface area contributed by atoms with Crippen molar-refractivity contribution in [2.24, 2.45) is 16.8 Å². The SMILES string of the molecule is CC1CCCC(C)C1NC1=NCCO1. The Morgan fingerprint density at radius 3 is 2.57 bits per heavy atom. The summed E-state index contributed by atoms with van der Waals surface area (Å²) in [5, 5.41) is 3.45. The summed E-state index contributed by atoms with van der Waals surface area (Å²) in [6.07, 6.45) is 4.03. The molecule has 0 amide bonds. The number of hydrogen-bond donors (Lipinski definition) is 1. The minimum Gasteiger partial charge on any atom is -0.463 e. The summed E-state index contributed by atoms with van der Waals surface area (Å²) >= 11 is 0. The minimum atomic E-state index is 0.556.